The standard InChI is InChI=1S/C11H18O3/c1-8(2)7-11(13)14-10-6-4-3-5-9(10)12/h7,9-10,12H,3-6H2,1-2H3. The van der Waals surface area contributed by atoms with Gasteiger partial charge >= 0.3 is 5.97 Å². The molecule has 0 aromatic heterocycles. The van der Waals surface area contributed by atoms with Crippen LogP contribution in [-0.4, -0.2) is 23.3 Å². The van der Waals surface area contributed by atoms with E-state index in [1.165, 1.54) is 6.08 Å². The highest BCUT2D eigenvalue weighted by Crippen LogP contribution is 2.21. The van der Waals surface area contributed by atoms with Crippen LogP contribution in [0.15, 0.2) is 11.6 Å². The number of aliphatic hydroxyl groups is 1. The maximum atomic E-state index is 11.3. The minimum Gasteiger partial charge on any atom is -0.456 e. The Balaban J connectivity index is 2.42. The van der Waals surface area contributed by atoms with Crippen molar-refractivity contribution in [1.82, 2.24) is 0 Å². The first-order valence-corrected chi connectivity index (χ1v) is 5.13. The lowest BCUT2D eigenvalue weighted by Crippen LogP contribution is -2.33. The lowest BCUT2D eigenvalue weighted by atomic mass is 9.95. The van der Waals surface area contributed by atoms with E-state index in [-0.39, 0.29) is 12.1 Å². The molecule has 80 valence electrons. The Hall–Kier alpha value is -0.830. The van der Waals surface area contributed by atoms with Gasteiger partial charge in [0.2, 0.25) is 0 Å². The maximum absolute atomic E-state index is 11.3. The minimum absolute atomic E-state index is 0.299. The number of hydrogen-bond acceptors (Lipinski definition) is 3. The van der Waals surface area contributed by atoms with Crippen molar-refractivity contribution >= 4 is 5.97 Å². The van der Waals surface area contributed by atoms with Crippen LogP contribution in [0.3, 0.4) is 0 Å². The summed E-state index contributed by atoms with van der Waals surface area (Å²) in [6.07, 6.45) is 4.27. The fourth-order valence-electron chi connectivity index (χ4n) is 1.63. The monoisotopic (exact) mass is 198 g/mol. The molecule has 14 heavy (non-hydrogen) atoms. The van der Waals surface area contributed by atoms with Crippen LogP contribution < -0.4 is 0 Å². The van der Waals surface area contributed by atoms with Gasteiger partial charge in [-0.15, -0.1) is 0 Å². The number of esters is 1. The smallest absolute Gasteiger partial charge is 0.331 e. The fraction of sp³-hybridized carbons (Fsp3) is 0.727. The molecule has 0 spiro atoms. The summed E-state index contributed by atoms with van der Waals surface area (Å²) < 4.78 is 5.15. The summed E-state index contributed by atoms with van der Waals surface area (Å²) in [5.41, 5.74) is 0.917. The summed E-state index contributed by atoms with van der Waals surface area (Å²) in [6, 6.07) is 0. The van der Waals surface area contributed by atoms with E-state index < -0.39 is 6.10 Å². The third kappa shape index (κ3) is 3.50. The molecule has 0 saturated heterocycles. The van der Waals surface area contributed by atoms with Crippen molar-refractivity contribution in [3.05, 3.63) is 11.6 Å². The van der Waals surface area contributed by atoms with Gasteiger partial charge < -0.3 is 9.84 Å². The second-order valence-corrected chi connectivity index (χ2v) is 4.05. The molecule has 1 N–H and O–H groups in total. The second-order valence-electron chi connectivity index (χ2n) is 4.05. The van der Waals surface area contributed by atoms with Gasteiger partial charge in [-0.1, -0.05) is 12.0 Å². The van der Waals surface area contributed by atoms with Crippen LogP contribution in [-0.2, 0) is 9.53 Å². The Kier molecular flexibility index (Phi) is 4.14. The van der Waals surface area contributed by atoms with Crippen LogP contribution >= 0.6 is 0 Å². The molecule has 3 heteroatoms. The van der Waals surface area contributed by atoms with Gasteiger partial charge in [-0.2, -0.15) is 0 Å². The molecule has 0 heterocycles. The number of aliphatic hydroxyl groups excluding tert-OH is 1. The molecule has 0 aromatic rings. The normalized spacial score (nSPS) is 26.8. The van der Waals surface area contributed by atoms with Crippen LogP contribution in [0.5, 0.6) is 0 Å². The van der Waals surface area contributed by atoms with Gasteiger partial charge in [0.25, 0.3) is 0 Å². The molecule has 2 atom stereocenters. The van der Waals surface area contributed by atoms with Crippen molar-refractivity contribution in [2.24, 2.45) is 0 Å². The number of rotatable bonds is 2. The van der Waals surface area contributed by atoms with Gasteiger partial charge in [0.05, 0.1) is 6.10 Å². The van der Waals surface area contributed by atoms with Crippen molar-refractivity contribution in [3.63, 3.8) is 0 Å². The Morgan fingerprint density at radius 1 is 1.36 bits per heavy atom. The zero-order chi connectivity index (χ0) is 10.6. The average Bonchev–Trinajstić information content (AvgIpc) is 2.07. The Morgan fingerprint density at radius 3 is 2.57 bits per heavy atom. The number of carbonyl (C=O) groups is 1. The van der Waals surface area contributed by atoms with Crippen LogP contribution in [0.2, 0.25) is 0 Å². The van der Waals surface area contributed by atoms with E-state index in [0.717, 1.165) is 31.3 Å². The third-order valence-electron chi connectivity index (χ3n) is 2.34. The zero-order valence-electron chi connectivity index (χ0n) is 8.82. The first-order valence-electron chi connectivity index (χ1n) is 5.13. The average molecular weight is 198 g/mol. The molecule has 1 saturated carbocycles. The van der Waals surface area contributed by atoms with Gasteiger partial charge in [-0.25, -0.2) is 4.79 Å². The molecular formula is C11H18O3. The van der Waals surface area contributed by atoms with E-state index in [1.54, 1.807) is 0 Å². The molecule has 1 rings (SSSR count). The van der Waals surface area contributed by atoms with Gasteiger partial charge in [0, 0.05) is 6.08 Å². The summed E-state index contributed by atoms with van der Waals surface area (Å²) in [7, 11) is 0. The first-order chi connectivity index (χ1) is 6.59. The third-order valence-corrected chi connectivity index (χ3v) is 2.34. The SMILES string of the molecule is CC(C)=CC(=O)OC1CCCCC1O. The van der Waals surface area contributed by atoms with Crippen molar-refractivity contribution in [3.8, 4) is 0 Å². The van der Waals surface area contributed by atoms with E-state index in [4.69, 9.17) is 4.74 Å². The highest BCUT2D eigenvalue weighted by atomic mass is 16.6. The largest absolute Gasteiger partial charge is 0.456 e. The van der Waals surface area contributed by atoms with E-state index in [1.807, 2.05) is 13.8 Å². The predicted molar refractivity (Wildman–Crippen MR) is 53.8 cm³/mol. The first kappa shape index (κ1) is 11.2. The number of carbonyl (C=O) groups excluding carboxylic acids is 1. The van der Waals surface area contributed by atoms with Crippen molar-refractivity contribution in [2.75, 3.05) is 0 Å². The quantitative estimate of drug-likeness (QED) is 0.543. The molecule has 0 bridgehead atoms. The summed E-state index contributed by atoms with van der Waals surface area (Å²) in [6.45, 7) is 3.69. The molecule has 1 fully saturated rings. The predicted octanol–water partition coefficient (Wildman–Crippen LogP) is 1.80. The summed E-state index contributed by atoms with van der Waals surface area (Å²) in [4.78, 5) is 11.3. The zero-order valence-corrected chi connectivity index (χ0v) is 8.82. The molecule has 0 aliphatic heterocycles. The molecule has 0 aromatic carbocycles. The number of hydrogen-bond donors (Lipinski definition) is 1. The number of ether oxygens (including phenoxy) is 1. The van der Waals surface area contributed by atoms with E-state index >= 15 is 0 Å². The maximum Gasteiger partial charge on any atom is 0.331 e. The lowest BCUT2D eigenvalue weighted by Gasteiger charge is -2.26. The highest BCUT2D eigenvalue weighted by molar-refractivity contribution is 5.82. The van der Waals surface area contributed by atoms with Crippen molar-refractivity contribution in [1.29, 1.82) is 0 Å². The van der Waals surface area contributed by atoms with Crippen LogP contribution in [0.4, 0.5) is 0 Å². The minimum atomic E-state index is -0.474. The Labute approximate surface area is 84.8 Å². The van der Waals surface area contributed by atoms with Gasteiger partial charge in [0.1, 0.15) is 6.10 Å². The molecule has 1 aliphatic rings. The van der Waals surface area contributed by atoms with Crippen molar-refractivity contribution < 1.29 is 14.6 Å². The van der Waals surface area contributed by atoms with E-state index in [0.29, 0.717) is 0 Å². The molecule has 0 amide bonds. The summed E-state index contributed by atoms with van der Waals surface area (Å²) >= 11 is 0. The van der Waals surface area contributed by atoms with E-state index in [9.17, 15) is 9.90 Å². The van der Waals surface area contributed by atoms with Crippen LogP contribution in [0.25, 0.3) is 0 Å². The van der Waals surface area contributed by atoms with E-state index in [2.05, 4.69) is 0 Å². The molecule has 2 unspecified atom stereocenters. The topological polar surface area (TPSA) is 46.5 Å². The summed E-state index contributed by atoms with van der Waals surface area (Å²) in [5.74, 6) is -0.337. The molecule has 0 radical (unpaired) electrons. The molecule has 1 aliphatic carbocycles. The van der Waals surface area contributed by atoms with Crippen LogP contribution in [0, 0.1) is 0 Å². The lowest BCUT2D eigenvalue weighted by molar-refractivity contribution is -0.151. The Bertz CT molecular complexity index is 229. The van der Waals surface area contributed by atoms with Gasteiger partial charge in [0.15, 0.2) is 0 Å². The van der Waals surface area contributed by atoms with Gasteiger partial charge in [-0.05, 0) is 33.1 Å². The summed E-state index contributed by atoms with van der Waals surface area (Å²) in [5, 5.41) is 9.55. The van der Waals surface area contributed by atoms with Crippen LogP contribution in [0.1, 0.15) is 39.5 Å². The molecular weight excluding hydrogens is 180 g/mol. The fourth-order valence-corrected chi connectivity index (χ4v) is 1.63. The highest BCUT2D eigenvalue weighted by Gasteiger charge is 2.25. The van der Waals surface area contributed by atoms with Gasteiger partial charge in [-0.3, -0.25) is 0 Å². The Morgan fingerprint density at radius 2 is 2.00 bits per heavy atom. The molecule has 3 nitrogen and oxygen atoms in total. The second kappa shape index (κ2) is 5.15. The number of allylic oxidation sites excluding steroid dienone is 1. The van der Waals surface area contributed by atoms with Crippen molar-refractivity contribution in [2.45, 2.75) is 51.7 Å².